The second-order valence-corrected chi connectivity index (χ2v) is 5.16. The molecule has 0 aliphatic carbocycles. The minimum absolute atomic E-state index is 0.123. The van der Waals surface area contributed by atoms with Crippen molar-refractivity contribution in [2.45, 2.75) is 6.92 Å². The number of hydrogen-bond donors (Lipinski definition) is 0. The van der Waals surface area contributed by atoms with E-state index in [-0.39, 0.29) is 50.1 Å². The SMILES string of the molecule is CCOC(=O)CN1CCN(C(=O)Oc2ccc([N+](=O)[O-])cc2)CC1=O. The van der Waals surface area contributed by atoms with Crippen LogP contribution in [0.2, 0.25) is 0 Å². The lowest BCUT2D eigenvalue weighted by Gasteiger charge is -2.32. The van der Waals surface area contributed by atoms with Crippen molar-refractivity contribution in [3.8, 4) is 5.75 Å². The van der Waals surface area contributed by atoms with E-state index in [4.69, 9.17) is 9.47 Å². The van der Waals surface area contributed by atoms with Crippen LogP contribution in [0.4, 0.5) is 10.5 Å². The van der Waals surface area contributed by atoms with Crippen LogP contribution in [0, 0.1) is 10.1 Å². The highest BCUT2D eigenvalue weighted by atomic mass is 16.6. The zero-order valence-electron chi connectivity index (χ0n) is 13.5. The monoisotopic (exact) mass is 351 g/mol. The summed E-state index contributed by atoms with van der Waals surface area (Å²) < 4.78 is 9.88. The maximum absolute atomic E-state index is 12.1. The van der Waals surface area contributed by atoms with Crippen LogP contribution in [0.25, 0.3) is 0 Å². The summed E-state index contributed by atoms with van der Waals surface area (Å²) in [4.78, 5) is 48.0. The van der Waals surface area contributed by atoms with Crippen molar-refractivity contribution < 1.29 is 28.8 Å². The molecule has 0 unspecified atom stereocenters. The Morgan fingerprint density at radius 2 is 1.92 bits per heavy atom. The summed E-state index contributed by atoms with van der Waals surface area (Å²) in [6, 6.07) is 5.03. The number of nitro benzene ring substituents is 1. The molecular formula is C15H17N3O7. The third kappa shape index (κ3) is 4.90. The minimum atomic E-state index is -0.738. The van der Waals surface area contributed by atoms with E-state index in [2.05, 4.69) is 0 Å². The molecule has 1 aromatic carbocycles. The van der Waals surface area contributed by atoms with Gasteiger partial charge in [0.15, 0.2) is 0 Å². The molecule has 0 N–H and O–H groups in total. The Morgan fingerprint density at radius 1 is 1.24 bits per heavy atom. The van der Waals surface area contributed by atoms with Gasteiger partial charge in [0.25, 0.3) is 5.69 Å². The summed E-state index contributed by atoms with van der Waals surface area (Å²) in [7, 11) is 0. The van der Waals surface area contributed by atoms with Crippen molar-refractivity contribution in [3.63, 3.8) is 0 Å². The summed E-state index contributed by atoms with van der Waals surface area (Å²) in [5.74, 6) is -0.755. The van der Waals surface area contributed by atoms with E-state index in [1.807, 2.05) is 0 Å². The van der Waals surface area contributed by atoms with Crippen LogP contribution < -0.4 is 4.74 Å². The first-order valence-electron chi connectivity index (χ1n) is 7.55. The molecule has 0 radical (unpaired) electrons. The fourth-order valence-electron chi connectivity index (χ4n) is 2.20. The lowest BCUT2D eigenvalue weighted by atomic mass is 10.3. The predicted octanol–water partition coefficient (Wildman–Crippen LogP) is 0.801. The number of rotatable bonds is 5. The number of nitrogens with zero attached hydrogens (tertiary/aromatic N) is 3. The molecule has 1 aliphatic heterocycles. The molecule has 134 valence electrons. The lowest BCUT2D eigenvalue weighted by molar-refractivity contribution is -0.384. The Kier molecular flexibility index (Phi) is 5.88. The van der Waals surface area contributed by atoms with Gasteiger partial charge in [0, 0.05) is 25.2 Å². The Labute approximate surface area is 143 Å². The van der Waals surface area contributed by atoms with Crippen LogP contribution >= 0.6 is 0 Å². The largest absolute Gasteiger partial charge is 0.465 e. The first-order chi connectivity index (χ1) is 11.9. The third-order valence-corrected chi connectivity index (χ3v) is 3.45. The minimum Gasteiger partial charge on any atom is -0.465 e. The van der Waals surface area contributed by atoms with Crippen LogP contribution in [0.3, 0.4) is 0 Å². The zero-order chi connectivity index (χ0) is 18.4. The second-order valence-electron chi connectivity index (χ2n) is 5.16. The Morgan fingerprint density at radius 3 is 2.48 bits per heavy atom. The molecule has 10 nitrogen and oxygen atoms in total. The number of esters is 1. The Bertz CT molecular complexity index is 674. The van der Waals surface area contributed by atoms with E-state index in [1.165, 1.54) is 34.1 Å². The number of piperazine rings is 1. The van der Waals surface area contributed by atoms with E-state index >= 15 is 0 Å². The number of nitro groups is 1. The van der Waals surface area contributed by atoms with E-state index in [0.29, 0.717) is 0 Å². The van der Waals surface area contributed by atoms with Crippen LogP contribution in [-0.4, -0.2) is 65.5 Å². The van der Waals surface area contributed by atoms with Gasteiger partial charge < -0.3 is 14.4 Å². The van der Waals surface area contributed by atoms with E-state index in [1.54, 1.807) is 6.92 Å². The van der Waals surface area contributed by atoms with Crippen molar-refractivity contribution in [3.05, 3.63) is 34.4 Å². The summed E-state index contributed by atoms with van der Waals surface area (Å²) in [6.07, 6.45) is -0.738. The van der Waals surface area contributed by atoms with Gasteiger partial charge >= 0.3 is 12.1 Å². The fourth-order valence-corrected chi connectivity index (χ4v) is 2.20. The number of amides is 2. The van der Waals surface area contributed by atoms with Gasteiger partial charge in [-0.3, -0.25) is 24.6 Å². The van der Waals surface area contributed by atoms with Gasteiger partial charge in [-0.05, 0) is 19.1 Å². The Balaban J connectivity index is 1.88. The topological polar surface area (TPSA) is 119 Å². The highest BCUT2D eigenvalue weighted by molar-refractivity contribution is 5.87. The fraction of sp³-hybridized carbons (Fsp3) is 0.400. The zero-order valence-corrected chi connectivity index (χ0v) is 13.5. The highest BCUT2D eigenvalue weighted by Gasteiger charge is 2.29. The lowest BCUT2D eigenvalue weighted by Crippen LogP contribution is -2.54. The summed E-state index contributed by atoms with van der Waals surface area (Å²) in [5.41, 5.74) is -0.123. The van der Waals surface area contributed by atoms with Gasteiger partial charge in [0.2, 0.25) is 5.91 Å². The van der Waals surface area contributed by atoms with E-state index in [0.717, 1.165) is 0 Å². The average Bonchev–Trinajstić information content (AvgIpc) is 2.57. The molecule has 0 aromatic heterocycles. The van der Waals surface area contributed by atoms with Crippen molar-refractivity contribution in [1.82, 2.24) is 9.80 Å². The maximum Gasteiger partial charge on any atom is 0.415 e. The standard InChI is InChI=1S/C15H17N3O7/c1-2-24-14(20)10-16-7-8-17(9-13(16)19)15(21)25-12-5-3-11(4-6-12)18(22)23/h3-6H,2,7-10H2,1H3. The van der Waals surface area contributed by atoms with E-state index < -0.39 is 17.0 Å². The van der Waals surface area contributed by atoms with Crippen LogP contribution in [0.1, 0.15) is 6.92 Å². The highest BCUT2D eigenvalue weighted by Crippen LogP contribution is 2.18. The molecule has 0 atom stereocenters. The van der Waals surface area contributed by atoms with Gasteiger partial charge in [0.1, 0.15) is 18.8 Å². The quantitative estimate of drug-likeness (QED) is 0.437. The van der Waals surface area contributed by atoms with Crippen LogP contribution in [-0.2, 0) is 14.3 Å². The van der Waals surface area contributed by atoms with Gasteiger partial charge in [0.05, 0.1) is 11.5 Å². The van der Waals surface area contributed by atoms with Crippen molar-refractivity contribution in [2.24, 2.45) is 0 Å². The van der Waals surface area contributed by atoms with Gasteiger partial charge in [-0.2, -0.15) is 0 Å². The molecule has 0 bridgehead atoms. The number of non-ortho nitro benzene ring substituents is 1. The van der Waals surface area contributed by atoms with Gasteiger partial charge in [-0.1, -0.05) is 0 Å². The maximum atomic E-state index is 12.1. The molecule has 25 heavy (non-hydrogen) atoms. The molecule has 1 heterocycles. The molecule has 1 saturated heterocycles. The summed E-state index contributed by atoms with van der Waals surface area (Å²) >= 11 is 0. The predicted molar refractivity (Wildman–Crippen MR) is 83.9 cm³/mol. The van der Waals surface area contributed by atoms with Crippen molar-refractivity contribution in [2.75, 3.05) is 32.8 Å². The number of benzene rings is 1. The average molecular weight is 351 g/mol. The Hall–Kier alpha value is -3.17. The number of hydrogen-bond acceptors (Lipinski definition) is 7. The summed E-state index contributed by atoms with van der Waals surface area (Å²) in [6.45, 7) is 1.92. The first kappa shape index (κ1) is 18.2. The van der Waals surface area contributed by atoms with Crippen molar-refractivity contribution >= 4 is 23.7 Å². The summed E-state index contributed by atoms with van der Waals surface area (Å²) in [5, 5.41) is 10.6. The van der Waals surface area contributed by atoms with Crippen LogP contribution in [0.5, 0.6) is 5.75 Å². The first-order valence-corrected chi connectivity index (χ1v) is 7.55. The molecule has 1 aliphatic rings. The number of carbonyl (C=O) groups is 3. The normalized spacial score (nSPS) is 14.2. The molecule has 1 aromatic rings. The molecule has 1 fully saturated rings. The number of ether oxygens (including phenoxy) is 2. The molecule has 0 saturated carbocycles. The molecule has 2 rings (SSSR count). The molecule has 10 heteroatoms. The van der Waals surface area contributed by atoms with E-state index in [9.17, 15) is 24.5 Å². The second kappa shape index (κ2) is 8.08. The van der Waals surface area contributed by atoms with Crippen LogP contribution in [0.15, 0.2) is 24.3 Å². The third-order valence-electron chi connectivity index (χ3n) is 3.45. The smallest absolute Gasteiger partial charge is 0.415 e. The van der Waals surface area contributed by atoms with Gasteiger partial charge in [-0.15, -0.1) is 0 Å². The molecule has 0 spiro atoms. The number of carbonyl (C=O) groups excluding carboxylic acids is 3. The van der Waals surface area contributed by atoms with Crippen molar-refractivity contribution in [1.29, 1.82) is 0 Å². The molecule has 2 amide bonds. The molecular weight excluding hydrogens is 334 g/mol. The van der Waals surface area contributed by atoms with Gasteiger partial charge in [-0.25, -0.2) is 4.79 Å².